The normalized spacial score (nSPS) is 36.8. The molecular formula is C14H26O. The van der Waals surface area contributed by atoms with E-state index in [1.54, 1.807) is 0 Å². The molecule has 88 valence electrons. The molecule has 0 saturated heterocycles. The van der Waals surface area contributed by atoms with E-state index in [1.807, 2.05) is 0 Å². The third-order valence-corrected chi connectivity index (χ3v) is 4.55. The number of hydrogen-bond acceptors (Lipinski definition) is 1. The van der Waals surface area contributed by atoms with E-state index in [1.165, 1.54) is 51.4 Å². The fourth-order valence-electron chi connectivity index (χ4n) is 3.32. The van der Waals surface area contributed by atoms with Crippen molar-refractivity contribution in [2.24, 2.45) is 11.8 Å². The van der Waals surface area contributed by atoms with Gasteiger partial charge in [-0.3, -0.25) is 0 Å². The van der Waals surface area contributed by atoms with Gasteiger partial charge in [-0.05, 0) is 37.5 Å². The molecule has 15 heavy (non-hydrogen) atoms. The molecule has 2 aliphatic rings. The van der Waals surface area contributed by atoms with Crippen LogP contribution in [0, 0.1) is 11.8 Å². The average Bonchev–Trinajstić information content (AvgIpc) is 2.90. The summed E-state index contributed by atoms with van der Waals surface area (Å²) in [6.07, 6.45) is 13.1. The van der Waals surface area contributed by atoms with Crippen molar-refractivity contribution in [1.29, 1.82) is 0 Å². The van der Waals surface area contributed by atoms with Gasteiger partial charge in [-0.2, -0.15) is 0 Å². The Labute approximate surface area is 94.3 Å². The van der Waals surface area contributed by atoms with E-state index in [-0.39, 0.29) is 5.60 Å². The average molecular weight is 210 g/mol. The Balaban J connectivity index is 1.65. The van der Waals surface area contributed by atoms with Crippen LogP contribution >= 0.6 is 0 Å². The molecule has 2 rings (SSSR count). The highest BCUT2D eigenvalue weighted by Gasteiger charge is 2.51. The minimum absolute atomic E-state index is 0.229. The van der Waals surface area contributed by atoms with E-state index in [4.69, 9.17) is 0 Å². The van der Waals surface area contributed by atoms with Crippen LogP contribution in [0.2, 0.25) is 0 Å². The fourth-order valence-corrected chi connectivity index (χ4v) is 3.32. The van der Waals surface area contributed by atoms with Crippen LogP contribution in [0.4, 0.5) is 0 Å². The fraction of sp³-hybridized carbons (Fsp3) is 1.00. The van der Waals surface area contributed by atoms with Crippen molar-refractivity contribution in [3.05, 3.63) is 0 Å². The van der Waals surface area contributed by atoms with Gasteiger partial charge in [-0.25, -0.2) is 0 Å². The Morgan fingerprint density at radius 1 is 1.13 bits per heavy atom. The maximum Gasteiger partial charge on any atom is 0.0680 e. The summed E-state index contributed by atoms with van der Waals surface area (Å²) < 4.78 is 0. The van der Waals surface area contributed by atoms with Gasteiger partial charge in [0.2, 0.25) is 0 Å². The summed E-state index contributed by atoms with van der Waals surface area (Å²) in [5.74, 6) is 1.58. The molecule has 1 N–H and O–H groups in total. The van der Waals surface area contributed by atoms with Gasteiger partial charge >= 0.3 is 0 Å². The molecule has 2 atom stereocenters. The standard InChI is InChI=1S/C14H26O/c1-2-6-13-11-14(13,15)10-9-12-7-4-3-5-8-12/h12-13,15H,2-11H2,1H3. The van der Waals surface area contributed by atoms with Crippen molar-refractivity contribution in [2.45, 2.75) is 76.7 Å². The van der Waals surface area contributed by atoms with Gasteiger partial charge in [-0.15, -0.1) is 0 Å². The molecule has 0 spiro atoms. The minimum atomic E-state index is -0.229. The number of hydrogen-bond donors (Lipinski definition) is 1. The first-order valence-electron chi connectivity index (χ1n) is 6.97. The summed E-state index contributed by atoms with van der Waals surface area (Å²) >= 11 is 0. The monoisotopic (exact) mass is 210 g/mol. The molecule has 0 aromatic carbocycles. The highest BCUT2D eigenvalue weighted by atomic mass is 16.3. The molecule has 0 bridgehead atoms. The molecule has 0 aliphatic heterocycles. The maximum absolute atomic E-state index is 10.3. The Bertz CT molecular complexity index is 196. The SMILES string of the molecule is CCCC1CC1(O)CCC1CCCCC1. The lowest BCUT2D eigenvalue weighted by Gasteiger charge is -2.22. The van der Waals surface area contributed by atoms with Crippen molar-refractivity contribution < 1.29 is 5.11 Å². The molecule has 1 heteroatoms. The quantitative estimate of drug-likeness (QED) is 0.729. The first-order chi connectivity index (χ1) is 7.24. The summed E-state index contributed by atoms with van der Waals surface area (Å²) in [5.41, 5.74) is -0.229. The second-order valence-electron chi connectivity index (χ2n) is 5.84. The molecule has 2 saturated carbocycles. The van der Waals surface area contributed by atoms with Crippen molar-refractivity contribution in [2.75, 3.05) is 0 Å². The van der Waals surface area contributed by atoms with Gasteiger partial charge in [-0.1, -0.05) is 45.4 Å². The highest BCUT2D eigenvalue weighted by Crippen LogP contribution is 2.50. The third kappa shape index (κ3) is 2.96. The van der Waals surface area contributed by atoms with Crippen LogP contribution in [0.1, 0.15) is 71.1 Å². The number of rotatable bonds is 5. The zero-order valence-corrected chi connectivity index (χ0v) is 10.2. The largest absolute Gasteiger partial charge is 0.390 e. The molecule has 2 aliphatic carbocycles. The lowest BCUT2D eigenvalue weighted by molar-refractivity contribution is 0.107. The van der Waals surface area contributed by atoms with Crippen molar-refractivity contribution in [1.82, 2.24) is 0 Å². The van der Waals surface area contributed by atoms with Crippen molar-refractivity contribution in [3.8, 4) is 0 Å². The van der Waals surface area contributed by atoms with E-state index in [0.29, 0.717) is 5.92 Å². The summed E-state index contributed by atoms with van der Waals surface area (Å²) in [6.45, 7) is 2.22. The maximum atomic E-state index is 10.3. The molecular weight excluding hydrogens is 184 g/mol. The van der Waals surface area contributed by atoms with Crippen molar-refractivity contribution in [3.63, 3.8) is 0 Å². The predicted molar refractivity (Wildman–Crippen MR) is 63.8 cm³/mol. The van der Waals surface area contributed by atoms with Gasteiger partial charge < -0.3 is 5.11 Å². The van der Waals surface area contributed by atoms with Gasteiger partial charge in [0.25, 0.3) is 0 Å². The van der Waals surface area contributed by atoms with Crippen LogP contribution in [-0.2, 0) is 0 Å². The molecule has 0 radical (unpaired) electrons. The van der Waals surface area contributed by atoms with Crippen LogP contribution in [0.3, 0.4) is 0 Å². The predicted octanol–water partition coefficient (Wildman–Crippen LogP) is 3.90. The summed E-state index contributed by atoms with van der Waals surface area (Å²) in [6, 6.07) is 0. The second kappa shape index (κ2) is 4.86. The zero-order valence-electron chi connectivity index (χ0n) is 10.2. The highest BCUT2D eigenvalue weighted by molar-refractivity contribution is 5.02. The van der Waals surface area contributed by atoms with Gasteiger partial charge in [0.1, 0.15) is 0 Å². The molecule has 0 aromatic rings. The van der Waals surface area contributed by atoms with E-state index in [9.17, 15) is 5.11 Å². The molecule has 2 fully saturated rings. The van der Waals surface area contributed by atoms with Gasteiger partial charge in [0.05, 0.1) is 5.60 Å². The van der Waals surface area contributed by atoms with E-state index < -0.39 is 0 Å². The first kappa shape index (κ1) is 11.4. The lowest BCUT2D eigenvalue weighted by Crippen LogP contribution is -2.15. The molecule has 1 nitrogen and oxygen atoms in total. The molecule has 0 aromatic heterocycles. The third-order valence-electron chi connectivity index (χ3n) is 4.55. The van der Waals surface area contributed by atoms with Crippen LogP contribution in [0.5, 0.6) is 0 Å². The summed E-state index contributed by atoms with van der Waals surface area (Å²) in [5, 5.41) is 10.3. The van der Waals surface area contributed by atoms with Gasteiger partial charge in [0.15, 0.2) is 0 Å². The number of aliphatic hydroxyl groups is 1. The topological polar surface area (TPSA) is 20.2 Å². The minimum Gasteiger partial charge on any atom is -0.390 e. The Morgan fingerprint density at radius 3 is 2.53 bits per heavy atom. The van der Waals surface area contributed by atoms with E-state index >= 15 is 0 Å². The zero-order chi connectivity index (χ0) is 10.7. The molecule has 0 amide bonds. The lowest BCUT2D eigenvalue weighted by atomic mass is 9.85. The smallest absolute Gasteiger partial charge is 0.0680 e. The Kier molecular flexibility index (Phi) is 3.71. The molecule has 0 heterocycles. The van der Waals surface area contributed by atoms with E-state index in [0.717, 1.165) is 18.8 Å². The molecule has 2 unspecified atom stereocenters. The van der Waals surface area contributed by atoms with Crippen LogP contribution in [-0.4, -0.2) is 10.7 Å². The van der Waals surface area contributed by atoms with Crippen LogP contribution < -0.4 is 0 Å². The van der Waals surface area contributed by atoms with Gasteiger partial charge in [0, 0.05) is 0 Å². The Hall–Kier alpha value is -0.0400. The van der Waals surface area contributed by atoms with Crippen LogP contribution in [0.25, 0.3) is 0 Å². The summed E-state index contributed by atoms with van der Waals surface area (Å²) in [4.78, 5) is 0. The first-order valence-corrected chi connectivity index (χ1v) is 6.97. The van der Waals surface area contributed by atoms with E-state index in [2.05, 4.69) is 6.92 Å². The second-order valence-corrected chi connectivity index (χ2v) is 5.84. The van der Waals surface area contributed by atoms with Crippen molar-refractivity contribution >= 4 is 0 Å². The van der Waals surface area contributed by atoms with Crippen LogP contribution in [0.15, 0.2) is 0 Å². The Morgan fingerprint density at radius 2 is 1.87 bits per heavy atom. The summed E-state index contributed by atoms with van der Waals surface area (Å²) in [7, 11) is 0.